The van der Waals surface area contributed by atoms with Gasteiger partial charge in [-0.15, -0.1) is 0 Å². The standard InChI is InChI=1S/C16H14O3/c1-11-9-14(18)16(15(19)10-11)13(17)8-7-12-5-3-2-4-6-12/h2-10,18-19H,1H3/b8-7+. The predicted molar refractivity (Wildman–Crippen MR) is 74.3 cm³/mol. The van der Waals surface area contributed by atoms with Crippen LogP contribution in [0.5, 0.6) is 11.5 Å². The van der Waals surface area contributed by atoms with E-state index in [0.717, 1.165) is 5.56 Å². The molecule has 0 radical (unpaired) electrons. The Morgan fingerprint density at radius 3 is 2.21 bits per heavy atom. The summed E-state index contributed by atoms with van der Waals surface area (Å²) in [5.74, 6) is -0.848. The van der Waals surface area contributed by atoms with Crippen LogP contribution in [0.15, 0.2) is 48.5 Å². The summed E-state index contributed by atoms with van der Waals surface area (Å²) in [6.07, 6.45) is 2.97. The zero-order chi connectivity index (χ0) is 13.8. The fourth-order valence-electron chi connectivity index (χ4n) is 1.82. The topological polar surface area (TPSA) is 57.5 Å². The first-order chi connectivity index (χ1) is 9.08. The number of aryl methyl sites for hydroxylation is 1. The first-order valence-electron chi connectivity index (χ1n) is 5.88. The molecule has 0 saturated heterocycles. The van der Waals surface area contributed by atoms with Crippen molar-refractivity contribution in [3.8, 4) is 11.5 Å². The molecule has 0 aromatic heterocycles. The van der Waals surface area contributed by atoms with Crippen LogP contribution in [0, 0.1) is 6.92 Å². The smallest absolute Gasteiger partial charge is 0.193 e. The minimum absolute atomic E-state index is 0.0715. The van der Waals surface area contributed by atoms with E-state index in [1.807, 2.05) is 30.3 Å². The minimum atomic E-state index is -0.432. The lowest BCUT2D eigenvalue weighted by molar-refractivity contribution is 0.104. The van der Waals surface area contributed by atoms with E-state index in [4.69, 9.17) is 0 Å². The summed E-state index contributed by atoms with van der Waals surface area (Å²) in [6, 6.07) is 12.2. The van der Waals surface area contributed by atoms with E-state index >= 15 is 0 Å². The maximum Gasteiger partial charge on any atom is 0.193 e. The van der Waals surface area contributed by atoms with E-state index in [1.54, 1.807) is 13.0 Å². The monoisotopic (exact) mass is 254 g/mol. The summed E-state index contributed by atoms with van der Waals surface area (Å²) < 4.78 is 0. The SMILES string of the molecule is Cc1cc(O)c(C(=O)/C=C/c2ccccc2)c(O)c1. The second-order valence-corrected chi connectivity index (χ2v) is 4.29. The van der Waals surface area contributed by atoms with Crippen molar-refractivity contribution in [1.29, 1.82) is 0 Å². The maximum absolute atomic E-state index is 12.0. The Balaban J connectivity index is 2.29. The number of ketones is 1. The molecule has 0 saturated carbocycles. The van der Waals surface area contributed by atoms with Crippen LogP contribution in [0.3, 0.4) is 0 Å². The molecule has 0 heterocycles. The maximum atomic E-state index is 12.0. The molecule has 2 rings (SSSR count). The number of carbonyl (C=O) groups is 1. The number of hydrogen-bond acceptors (Lipinski definition) is 3. The largest absolute Gasteiger partial charge is 0.507 e. The van der Waals surface area contributed by atoms with Gasteiger partial charge in [0.15, 0.2) is 5.78 Å². The van der Waals surface area contributed by atoms with Gasteiger partial charge in [-0.05, 0) is 36.3 Å². The molecule has 0 spiro atoms. The minimum Gasteiger partial charge on any atom is -0.507 e. The molecule has 0 unspecified atom stereocenters. The average Bonchev–Trinajstić information content (AvgIpc) is 2.36. The van der Waals surface area contributed by atoms with Crippen LogP contribution in [-0.4, -0.2) is 16.0 Å². The van der Waals surface area contributed by atoms with Crippen LogP contribution in [-0.2, 0) is 0 Å². The highest BCUT2D eigenvalue weighted by molar-refractivity contribution is 6.10. The molecule has 0 aliphatic rings. The lowest BCUT2D eigenvalue weighted by Gasteiger charge is -2.05. The number of benzene rings is 2. The lowest BCUT2D eigenvalue weighted by atomic mass is 10.0. The third-order valence-corrected chi connectivity index (χ3v) is 2.71. The van der Waals surface area contributed by atoms with Crippen LogP contribution in [0.2, 0.25) is 0 Å². The molecular weight excluding hydrogens is 240 g/mol. The van der Waals surface area contributed by atoms with Gasteiger partial charge in [-0.3, -0.25) is 4.79 Å². The first kappa shape index (κ1) is 12.9. The highest BCUT2D eigenvalue weighted by atomic mass is 16.3. The molecule has 0 atom stereocenters. The van der Waals surface area contributed by atoms with Crippen molar-refractivity contribution in [2.24, 2.45) is 0 Å². The Morgan fingerprint density at radius 1 is 1.05 bits per heavy atom. The molecule has 2 aromatic carbocycles. The van der Waals surface area contributed by atoms with E-state index in [-0.39, 0.29) is 17.1 Å². The Bertz CT molecular complexity index is 605. The van der Waals surface area contributed by atoms with Gasteiger partial charge in [0.1, 0.15) is 17.1 Å². The van der Waals surface area contributed by atoms with Crippen LogP contribution in [0.4, 0.5) is 0 Å². The van der Waals surface area contributed by atoms with E-state index in [2.05, 4.69) is 0 Å². The van der Waals surface area contributed by atoms with Crippen LogP contribution < -0.4 is 0 Å². The number of aromatic hydroxyl groups is 2. The molecule has 3 heteroatoms. The second kappa shape index (κ2) is 5.40. The molecule has 0 bridgehead atoms. The lowest BCUT2D eigenvalue weighted by Crippen LogP contribution is -1.96. The molecule has 3 nitrogen and oxygen atoms in total. The van der Waals surface area contributed by atoms with Gasteiger partial charge in [0.25, 0.3) is 0 Å². The zero-order valence-electron chi connectivity index (χ0n) is 10.5. The molecule has 0 aliphatic carbocycles. The van der Waals surface area contributed by atoms with E-state index in [0.29, 0.717) is 5.56 Å². The van der Waals surface area contributed by atoms with Crippen molar-refractivity contribution in [3.05, 3.63) is 65.2 Å². The summed E-state index contributed by atoms with van der Waals surface area (Å²) in [6.45, 7) is 1.73. The van der Waals surface area contributed by atoms with Gasteiger partial charge in [0.05, 0.1) is 0 Å². The summed E-state index contributed by atoms with van der Waals surface area (Å²) in [5.41, 5.74) is 1.50. The summed E-state index contributed by atoms with van der Waals surface area (Å²) >= 11 is 0. The molecular formula is C16H14O3. The van der Waals surface area contributed by atoms with Crippen molar-refractivity contribution >= 4 is 11.9 Å². The Morgan fingerprint density at radius 2 is 1.63 bits per heavy atom. The van der Waals surface area contributed by atoms with Crippen molar-refractivity contribution in [2.45, 2.75) is 6.92 Å². The fraction of sp³-hybridized carbons (Fsp3) is 0.0625. The number of carbonyl (C=O) groups excluding carboxylic acids is 1. The number of phenols is 2. The van der Waals surface area contributed by atoms with Crippen molar-refractivity contribution in [2.75, 3.05) is 0 Å². The molecule has 2 N–H and O–H groups in total. The summed E-state index contributed by atoms with van der Waals surface area (Å²) in [4.78, 5) is 12.0. The second-order valence-electron chi connectivity index (χ2n) is 4.29. The summed E-state index contributed by atoms with van der Waals surface area (Å²) in [5, 5.41) is 19.5. The van der Waals surface area contributed by atoms with Gasteiger partial charge in [0.2, 0.25) is 0 Å². The number of allylic oxidation sites excluding steroid dienone is 1. The third-order valence-electron chi connectivity index (χ3n) is 2.71. The van der Waals surface area contributed by atoms with Gasteiger partial charge in [-0.25, -0.2) is 0 Å². The molecule has 0 fully saturated rings. The first-order valence-corrected chi connectivity index (χ1v) is 5.88. The van der Waals surface area contributed by atoms with Gasteiger partial charge >= 0.3 is 0 Å². The average molecular weight is 254 g/mol. The molecule has 2 aromatic rings. The number of hydrogen-bond donors (Lipinski definition) is 2. The van der Waals surface area contributed by atoms with Crippen molar-refractivity contribution < 1.29 is 15.0 Å². The fourth-order valence-corrected chi connectivity index (χ4v) is 1.82. The molecule has 0 amide bonds. The summed E-state index contributed by atoms with van der Waals surface area (Å²) in [7, 11) is 0. The number of phenolic OH excluding ortho intramolecular Hbond substituents is 2. The van der Waals surface area contributed by atoms with E-state index < -0.39 is 5.78 Å². The normalized spacial score (nSPS) is 10.8. The van der Waals surface area contributed by atoms with Crippen molar-refractivity contribution in [3.63, 3.8) is 0 Å². The third kappa shape index (κ3) is 3.01. The predicted octanol–water partition coefficient (Wildman–Crippen LogP) is 3.30. The highest BCUT2D eigenvalue weighted by Gasteiger charge is 2.14. The van der Waals surface area contributed by atoms with Gasteiger partial charge in [-0.2, -0.15) is 0 Å². The number of rotatable bonds is 3. The molecule has 0 aliphatic heterocycles. The van der Waals surface area contributed by atoms with Crippen LogP contribution in [0.25, 0.3) is 6.08 Å². The van der Waals surface area contributed by atoms with E-state index in [9.17, 15) is 15.0 Å². The quantitative estimate of drug-likeness (QED) is 0.652. The molecule has 96 valence electrons. The van der Waals surface area contributed by atoms with E-state index in [1.165, 1.54) is 18.2 Å². The zero-order valence-corrected chi connectivity index (χ0v) is 10.5. The van der Waals surface area contributed by atoms with Gasteiger partial charge in [-0.1, -0.05) is 36.4 Å². The Hall–Kier alpha value is -2.55. The molecule has 19 heavy (non-hydrogen) atoms. The van der Waals surface area contributed by atoms with Crippen LogP contribution in [0.1, 0.15) is 21.5 Å². The van der Waals surface area contributed by atoms with Gasteiger partial charge < -0.3 is 10.2 Å². The van der Waals surface area contributed by atoms with Gasteiger partial charge in [0, 0.05) is 0 Å². The highest BCUT2D eigenvalue weighted by Crippen LogP contribution is 2.29. The van der Waals surface area contributed by atoms with Crippen molar-refractivity contribution in [1.82, 2.24) is 0 Å². The Kier molecular flexibility index (Phi) is 3.66. The van der Waals surface area contributed by atoms with Crippen LogP contribution >= 0.6 is 0 Å². The Labute approximate surface area is 111 Å².